The van der Waals surface area contributed by atoms with Gasteiger partial charge in [0.1, 0.15) is 5.75 Å². The maximum Gasteiger partial charge on any atom is 0.310 e. The van der Waals surface area contributed by atoms with E-state index in [1.54, 1.807) is 24.3 Å². The highest BCUT2D eigenvalue weighted by molar-refractivity contribution is 7.89. The third-order valence-electron chi connectivity index (χ3n) is 5.18. The number of ether oxygens (including phenoxy) is 3. The van der Waals surface area contributed by atoms with Crippen molar-refractivity contribution in [2.75, 3.05) is 27.6 Å². The van der Waals surface area contributed by atoms with Gasteiger partial charge in [-0.1, -0.05) is 40.9 Å². The smallest absolute Gasteiger partial charge is 0.310 e. The van der Waals surface area contributed by atoms with E-state index in [2.05, 4.69) is 0 Å². The van der Waals surface area contributed by atoms with Crippen LogP contribution in [0.3, 0.4) is 0 Å². The molecule has 31 heavy (non-hydrogen) atoms. The fraction of sp³-hybridized carbons (Fsp3) is 0.381. The normalized spacial score (nSPS) is 19.4. The molecule has 7 nitrogen and oxygen atoms in total. The second kappa shape index (κ2) is 9.75. The lowest BCUT2D eigenvalue weighted by Gasteiger charge is -2.27. The number of rotatable bonds is 7. The number of esters is 1. The fourth-order valence-corrected chi connectivity index (χ4v) is 5.72. The van der Waals surface area contributed by atoms with Crippen LogP contribution >= 0.6 is 23.2 Å². The van der Waals surface area contributed by atoms with E-state index in [4.69, 9.17) is 37.4 Å². The minimum Gasteiger partial charge on any atom is -0.469 e. The number of sulfonamides is 1. The zero-order chi connectivity index (χ0) is 22.8. The highest BCUT2D eigenvalue weighted by atomic mass is 35.5. The van der Waals surface area contributed by atoms with E-state index < -0.39 is 28.0 Å². The zero-order valence-corrected chi connectivity index (χ0v) is 19.6. The summed E-state index contributed by atoms with van der Waals surface area (Å²) >= 11 is 12.8. The first-order chi connectivity index (χ1) is 14.7. The summed E-state index contributed by atoms with van der Waals surface area (Å²) in [5.41, 5.74) is 1.31. The van der Waals surface area contributed by atoms with Gasteiger partial charge in [0, 0.05) is 19.2 Å². The van der Waals surface area contributed by atoms with Gasteiger partial charge in [0.2, 0.25) is 10.0 Å². The molecule has 1 aliphatic heterocycles. The number of carbonyl (C=O) groups excluding carboxylic acids is 1. The Labute approximate surface area is 191 Å². The number of halogens is 2. The molecule has 0 saturated carbocycles. The summed E-state index contributed by atoms with van der Waals surface area (Å²) in [7, 11) is -1.22. The Bertz CT molecular complexity index is 1060. The maximum absolute atomic E-state index is 13.5. The number of aryl methyl sites for hydroxylation is 1. The van der Waals surface area contributed by atoms with Gasteiger partial charge in [-0.25, -0.2) is 8.42 Å². The van der Waals surface area contributed by atoms with Crippen molar-refractivity contribution in [1.82, 2.24) is 4.31 Å². The Balaban J connectivity index is 2.13. The van der Waals surface area contributed by atoms with Crippen LogP contribution in [0.15, 0.2) is 41.3 Å². The molecule has 0 spiro atoms. The molecule has 2 aromatic rings. The molecule has 3 rings (SSSR count). The molecule has 1 fully saturated rings. The van der Waals surface area contributed by atoms with E-state index in [1.165, 1.54) is 30.7 Å². The highest BCUT2D eigenvalue weighted by Crippen LogP contribution is 2.47. The second-order valence-corrected chi connectivity index (χ2v) is 9.86. The Morgan fingerprint density at radius 1 is 1.13 bits per heavy atom. The van der Waals surface area contributed by atoms with E-state index in [-0.39, 0.29) is 34.7 Å². The van der Waals surface area contributed by atoms with Gasteiger partial charge in [0.05, 0.1) is 34.0 Å². The van der Waals surface area contributed by atoms with E-state index in [1.807, 2.05) is 6.92 Å². The Kier molecular flexibility index (Phi) is 7.49. The van der Waals surface area contributed by atoms with Crippen molar-refractivity contribution in [2.24, 2.45) is 5.92 Å². The number of nitrogens with zero attached hydrogens (tertiary/aromatic N) is 1. The lowest BCUT2D eigenvalue weighted by atomic mass is 9.99. The van der Waals surface area contributed by atoms with E-state index in [9.17, 15) is 13.2 Å². The number of benzene rings is 2. The average molecular weight is 488 g/mol. The zero-order valence-electron chi connectivity index (χ0n) is 17.3. The minimum atomic E-state index is -3.96. The van der Waals surface area contributed by atoms with Crippen LogP contribution in [0.5, 0.6) is 5.75 Å². The Morgan fingerprint density at radius 2 is 1.81 bits per heavy atom. The standard InChI is InChI=1S/C21H23Cl2NO6S/c1-13-4-6-15(7-5-13)31(26,27)24-11-14(21(25)29-3)10-17(24)19-18(30-12-28-2)9-8-16(22)20(19)23/h4-9,14,17H,10-12H2,1-3H3/t14?,17-/m1/s1. The number of hydrogen-bond acceptors (Lipinski definition) is 6. The van der Waals surface area contributed by atoms with Crippen molar-refractivity contribution in [3.8, 4) is 5.75 Å². The third kappa shape index (κ3) is 4.83. The SMILES string of the molecule is COCOc1ccc(Cl)c(Cl)c1[C@H]1CC(C(=O)OC)CN1S(=O)(=O)c1ccc(C)cc1. The summed E-state index contributed by atoms with van der Waals surface area (Å²) < 4.78 is 43.8. The maximum atomic E-state index is 13.5. The Morgan fingerprint density at radius 3 is 2.42 bits per heavy atom. The molecule has 1 unspecified atom stereocenters. The first-order valence-corrected chi connectivity index (χ1v) is 11.7. The topological polar surface area (TPSA) is 82.1 Å². The molecule has 0 bridgehead atoms. The van der Waals surface area contributed by atoms with E-state index in [0.29, 0.717) is 11.3 Å². The summed E-state index contributed by atoms with van der Waals surface area (Å²) in [4.78, 5) is 12.4. The Hall–Kier alpha value is -1.84. The van der Waals surface area contributed by atoms with Gasteiger partial charge in [-0.3, -0.25) is 4.79 Å². The lowest BCUT2D eigenvalue weighted by molar-refractivity contribution is -0.144. The van der Waals surface area contributed by atoms with Crippen molar-refractivity contribution >= 4 is 39.2 Å². The van der Waals surface area contributed by atoms with Crippen molar-refractivity contribution in [2.45, 2.75) is 24.3 Å². The van der Waals surface area contributed by atoms with Crippen molar-refractivity contribution in [3.63, 3.8) is 0 Å². The van der Waals surface area contributed by atoms with Gasteiger partial charge in [-0.2, -0.15) is 4.31 Å². The molecular formula is C21H23Cl2NO6S. The second-order valence-electron chi connectivity index (χ2n) is 7.18. The third-order valence-corrected chi connectivity index (χ3v) is 7.88. The monoisotopic (exact) mass is 487 g/mol. The number of hydrogen-bond donors (Lipinski definition) is 0. The molecule has 1 saturated heterocycles. The summed E-state index contributed by atoms with van der Waals surface area (Å²) in [6.07, 6.45) is 0.168. The van der Waals surface area contributed by atoms with Crippen LogP contribution < -0.4 is 4.74 Å². The van der Waals surface area contributed by atoms with E-state index >= 15 is 0 Å². The van der Waals surface area contributed by atoms with Gasteiger partial charge < -0.3 is 14.2 Å². The van der Waals surface area contributed by atoms with Crippen LogP contribution in [0.4, 0.5) is 0 Å². The largest absolute Gasteiger partial charge is 0.469 e. The molecule has 2 aromatic carbocycles. The molecule has 0 amide bonds. The lowest BCUT2D eigenvalue weighted by Crippen LogP contribution is -2.32. The highest BCUT2D eigenvalue weighted by Gasteiger charge is 2.46. The summed E-state index contributed by atoms with van der Waals surface area (Å²) in [6, 6.07) is 8.89. The molecule has 0 aliphatic carbocycles. The fourth-order valence-electron chi connectivity index (χ4n) is 3.62. The molecule has 168 valence electrons. The van der Waals surface area contributed by atoms with Crippen molar-refractivity contribution in [1.29, 1.82) is 0 Å². The molecule has 0 N–H and O–H groups in total. The van der Waals surface area contributed by atoms with Gasteiger partial charge in [-0.15, -0.1) is 0 Å². The summed E-state index contributed by atoms with van der Waals surface area (Å²) in [6.45, 7) is 1.75. The predicted octanol–water partition coefficient (Wildman–Crippen LogP) is 4.21. The van der Waals surface area contributed by atoms with Gasteiger partial charge in [0.15, 0.2) is 6.79 Å². The van der Waals surface area contributed by atoms with Gasteiger partial charge >= 0.3 is 5.97 Å². The van der Waals surface area contributed by atoms with Crippen LogP contribution in [0.1, 0.15) is 23.6 Å². The van der Waals surface area contributed by atoms with Crippen LogP contribution in [0.2, 0.25) is 10.0 Å². The van der Waals surface area contributed by atoms with E-state index in [0.717, 1.165) is 5.56 Å². The molecule has 1 aliphatic rings. The van der Waals surface area contributed by atoms with Crippen LogP contribution in [0.25, 0.3) is 0 Å². The quantitative estimate of drug-likeness (QED) is 0.429. The number of carbonyl (C=O) groups is 1. The van der Waals surface area contributed by atoms with Gasteiger partial charge in [0.25, 0.3) is 0 Å². The average Bonchev–Trinajstić information content (AvgIpc) is 3.20. The first-order valence-electron chi connectivity index (χ1n) is 9.46. The van der Waals surface area contributed by atoms with Crippen LogP contribution in [-0.2, 0) is 24.3 Å². The minimum absolute atomic E-state index is 0.0554. The first kappa shape index (κ1) is 23.8. The van der Waals surface area contributed by atoms with Crippen LogP contribution in [-0.4, -0.2) is 46.2 Å². The molecule has 10 heteroatoms. The molecule has 0 aromatic heterocycles. The van der Waals surface area contributed by atoms with Gasteiger partial charge in [-0.05, 0) is 37.6 Å². The van der Waals surface area contributed by atoms with Crippen molar-refractivity contribution in [3.05, 3.63) is 57.6 Å². The van der Waals surface area contributed by atoms with Crippen molar-refractivity contribution < 1.29 is 27.4 Å². The molecule has 1 heterocycles. The predicted molar refractivity (Wildman–Crippen MR) is 117 cm³/mol. The summed E-state index contributed by atoms with van der Waals surface area (Å²) in [5, 5.41) is 0.408. The molecule has 2 atom stereocenters. The van der Waals surface area contributed by atoms with Crippen LogP contribution in [0, 0.1) is 12.8 Å². The molecule has 0 radical (unpaired) electrons. The number of methoxy groups -OCH3 is 2. The molecular weight excluding hydrogens is 465 g/mol. The summed E-state index contributed by atoms with van der Waals surface area (Å²) in [5.74, 6) is -0.833.